The van der Waals surface area contributed by atoms with Crippen molar-refractivity contribution < 1.29 is 30.3 Å². The third kappa shape index (κ3) is 4.55. The molecule has 0 amide bonds. The average Bonchev–Trinajstić information content (AvgIpc) is 2.86. The van der Waals surface area contributed by atoms with Crippen LogP contribution in [0.15, 0.2) is 103 Å². The normalized spacial score (nSPS) is 24.4. The fraction of sp³-hybridized carbons (Fsp3) is 0.185. The van der Waals surface area contributed by atoms with Crippen LogP contribution in [-0.2, 0) is 4.74 Å². The zero-order valence-electron chi connectivity index (χ0n) is 17.8. The van der Waals surface area contributed by atoms with Gasteiger partial charge in [-0.3, -0.25) is 0 Å². The van der Waals surface area contributed by atoms with Gasteiger partial charge in [-0.1, -0.05) is 91.0 Å². The number of rotatable bonds is 7. The molecule has 0 saturated carbocycles. The lowest BCUT2D eigenvalue weighted by Crippen LogP contribution is -2.63. The third-order valence-corrected chi connectivity index (χ3v) is 5.75. The summed E-state index contributed by atoms with van der Waals surface area (Å²) < 4.78 is 5.83. The molecule has 170 valence electrons. The molecule has 6 nitrogen and oxygen atoms in total. The minimum Gasteiger partial charge on any atom is -0.509 e. The van der Waals surface area contributed by atoms with Gasteiger partial charge in [0.1, 0.15) is 29.8 Å². The molecule has 1 aliphatic rings. The quantitative estimate of drug-likeness (QED) is 0.357. The maximum atomic E-state index is 11.6. The first-order chi connectivity index (χ1) is 15.9. The molecule has 3 aromatic rings. The molecule has 4 rings (SSSR count). The molecule has 1 saturated heterocycles. The van der Waals surface area contributed by atoms with Crippen molar-refractivity contribution >= 4 is 12.2 Å². The zero-order valence-corrected chi connectivity index (χ0v) is 17.8. The average molecular weight is 446 g/mol. The van der Waals surface area contributed by atoms with E-state index < -0.39 is 35.8 Å². The van der Waals surface area contributed by atoms with Crippen LogP contribution in [-0.4, -0.2) is 49.4 Å². The SMILES string of the molecule is OC(=Cc1ccccc1)[C@@H](O)[C@@H](O)[C@H](O)[C@]1(O)C(=Cc2ccccc2)OC1c1ccccc1. The standard InChI is InChI=1S/C27H26O6/c28-21(16-18-10-4-1-5-11-18)23(29)24(30)25(31)27(32)22(17-19-12-6-2-7-13-19)33-26(27)20-14-8-3-9-15-20/h1-17,23-26,28-32H/t23-,24-,25+,26?,27-/m1/s1. The molecule has 1 aliphatic heterocycles. The van der Waals surface area contributed by atoms with Crippen molar-refractivity contribution in [2.75, 3.05) is 0 Å². The molecule has 0 spiro atoms. The second-order valence-electron chi connectivity index (χ2n) is 8.01. The number of aliphatic hydroxyl groups is 5. The van der Waals surface area contributed by atoms with Crippen molar-refractivity contribution in [2.24, 2.45) is 0 Å². The molecule has 0 aromatic heterocycles. The maximum absolute atomic E-state index is 11.6. The fourth-order valence-corrected chi connectivity index (χ4v) is 3.90. The second kappa shape index (κ2) is 9.60. The molecule has 1 heterocycles. The van der Waals surface area contributed by atoms with E-state index in [1.165, 1.54) is 6.08 Å². The second-order valence-corrected chi connectivity index (χ2v) is 8.01. The highest BCUT2D eigenvalue weighted by atomic mass is 16.6. The Morgan fingerprint density at radius 1 is 0.788 bits per heavy atom. The van der Waals surface area contributed by atoms with Crippen LogP contribution >= 0.6 is 0 Å². The van der Waals surface area contributed by atoms with E-state index in [-0.39, 0.29) is 5.76 Å². The number of hydrogen-bond acceptors (Lipinski definition) is 6. The Morgan fingerprint density at radius 2 is 1.30 bits per heavy atom. The van der Waals surface area contributed by atoms with Gasteiger partial charge >= 0.3 is 0 Å². The molecule has 0 radical (unpaired) electrons. The van der Waals surface area contributed by atoms with Crippen LogP contribution in [0.3, 0.4) is 0 Å². The summed E-state index contributed by atoms with van der Waals surface area (Å²) in [7, 11) is 0. The molecule has 33 heavy (non-hydrogen) atoms. The van der Waals surface area contributed by atoms with E-state index in [1.54, 1.807) is 72.8 Å². The Kier molecular flexibility index (Phi) is 6.62. The number of aliphatic hydroxyl groups excluding tert-OH is 4. The molecular weight excluding hydrogens is 420 g/mol. The lowest BCUT2D eigenvalue weighted by atomic mass is 9.75. The fourth-order valence-electron chi connectivity index (χ4n) is 3.90. The Hall–Kier alpha value is -3.42. The molecule has 0 aliphatic carbocycles. The minimum absolute atomic E-state index is 0.0489. The highest BCUT2D eigenvalue weighted by Gasteiger charge is 2.61. The van der Waals surface area contributed by atoms with Crippen molar-refractivity contribution in [2.45, 2.75) is 30.0 Å². The van der Waals surface area contributed by atoms with E-state index in [0.717, 1.165) is 5.56 Å². The molecule has 6 heteroatoms. The van der Waals surface area contributed by atoms with Crippen molar-refractivity contribution in [3.8, 4) is 0 Å². The Morgan fingerprint density at radius 3 is 1.88 bits per heavy atom. The van der Waals surface area contributed by atoms with Crippen molar-refractivity contribution in [1.29, 1.82) is 0 Å². The summed E-state index contributed by atoms with van der Waals surface area (Å²) in [5, 5.41) is 54.2. The van der Waals surface area contributed by atoms with Gasteiger partial charge in [-0.25, -0.2) is 0 Å². The van der Waals surface area contributed by atoms with Crippen molar-refractivity contribution in [1.82, 2.24) is 0 Å². The molecular formula is C27H26O6. The van der Waals surface area contributed by atoms with Gasteiger partial charge in [0.05, 0.1) is 0 Å². The highest BCUT2D eigenvalue weighted by molar-refractivity contribution is 5.57. The lowest BCUT2D eigenvalue weighted by Gasteiger charge is -2.51. The van der Waals surface area contributed by atoms with Crippen molar-refractivity contribution in [3.05, 3.63) is 119 Å². The van der Waals surface area contributed by atoms with Gasteiger partial charge in [0.2, 0.25) is 0 Å². The monoisotopic (exact) mass is 446 g/mol. The minimum atomic E-state index is -2.04. The number of ether oxygens (including phenoxy) is 1. The third-order valence-electron chi connectivity index (χ3n) is 5.75. The molecule has 0 bridgehead atoms. The van der Waals surface area contributed by atoms with Crippen LogP contribution in [0.1, 0.15) is 22.8 Å². The van der Waals surface area contributed by atoms with Crippen LogP contribution in [0, 0.1) is 0 Å². The van der Waals surface area contributed by atoms with Crippen LogP contribution < -0.4 is 0 Å². The summed E-state index contributed by atoms with van der Waals surface area (Å²) in [6.07, 6.45) is -3.72. The van der Waals surface area contributed by atoms with E-state index in [2.05, 4.69) is 0 Å². The van der Waals surface area contributed by atoms with Crippen LogP contribution in [0.5, 0.6) is 0 Å². The summed E-state index contributed by atoms with van der Waals surface area (Å²) in [4.78, 5) is 0. The van der Waals surface area contributed by atoms with Gasteiger partial charge in [-0.05, 0) is 28.8 Å². The van der Waals surface area contributed by atoms with Crippen LogP contribution in [0.2, 0.25) is 0 Å². The van der Waals surface area contributed by atoms with Crippen molar-refractivity contribution in [3.63, 3.8) is 0 Å². The molecule has 5 atom stereocenters. The first kappa shape index (κ1) is 22.8. The number of benzene rings is 3. The van der Waals surface area contributed by atoms with Gasteiger partial charge in [0.25, 0.3) is 0 Å². The maximum Gasteiger partial charge on any atom is 0.191 e. The Bertz CT molecular complexity index is 1110. The topological polar surface area (TPSA) is 110 Å². The predicted molar refractivity (Wildman–Crippen MR) is 125 cm³/mol. The largest absolute Gasteiger partial charge is 0.509 e. The Balaban J connectivity index is 1.64. The molecule has 5 N–H and O–H groups in total. The summed E-state index contributed by atoms with van der Waals surface area (Å²) in [5.74, 6) is -0.491. The van der Waals surface area contributed by atoms with E-state index in [1.807, 2.05) is 24.3 Å². The van der Waals surface area contributed by atoms with Gasteiger partial charge in [-0.2, -0.15) is 0 Å². The highest BCUT2D eigenvalue weighted by Crippen LogP contribution is 2.51. The van der Waals surface area contributed by atoms with E-state index in [9.17, 15) is 25.5 Å². The van der Waals surface area contributed by atoms with Crippen LogP contribution in [0.4, 0.5) is 0 Å². The Labute approximate surface area is 192 Å². The van der Waals surface area contributed by atoms with Gasteiger partial charge in [0.15, 0.2) is 11.7 Å². The summed E-state index contributed by atoms with van der Waals surface area (Å²) >= 11 is 0. The molecule has 1 fully saturated rings. The van der Waals surface area contributed by atoms with Gasteiger partial charge in [-0.15, -0.1) is 0 Å². The van der Waals surface area contributed by atoms with Crippen LogP contribution in [0.25, 0.3) is 12.2 Å². The summed E-state index contributed by atoms with van der Waals surface area (Å²) in [5.41, 5.74) is -0.111. The zero-order chi connectivity index (χ0) is 23.4. The molecule has 1 unspecified atom stereocenters. The first-order valence-corrected chi connectivity index (χ1v) is 10.6. The van der Waals surface area contributed by atoms with E-state index in [4.69, 9.17) is 4.74 Å². The first-order valence-electron chi connectivity index (χ1n) is 10.6. The summed E-state index contributed by atoms with van der Waals surface area (Å²) in [6.45, 7) is 0. The predicted octanol–water partition coefficient (Wildman–Crippen LogP) is 3.21. The molecule has 3 aromatic carbocycles. The van der Waals surface area contributed by atoms with E-state index >= 15 is 0 Å². The smallest absolute Gasteiger partial charge is 0.191 e. The van der Waals surface area contributed by atoms with Gasteiger partial charge in [0, 0.05) is 0 Å². The summed E-state index contributed by atoms with van der Waals surface area (Å²) in [6, 6.07) is 26.7. The van der Waals surface area contributed by atoms with Gasteiger partial charge < -0.3 is 30.3 Å². The van der Waals surface area contributed by atoms with E-state index in [0.29, 0.717) is 11.1 Å². The number of hydrogen-bond donors (Lipinski definition) is 5. The lowest BCUT2D eigenvalue weighted by molar-refractivity contribution is -0.253.